The molecule has 0 saturated carbocycles. The molecular weight excluding hydrogens is 313 g/mol. The summed E-state index contributed by atoms with van der Waals surface area (Å²) in [6.45, 7) is -0.124. The molecule has 0 aliphatic heterocycles. The number of hydrogen-bond acceptors (Lipinski definition) is 4. The number of aromatic nitrogens is 3. The van der Waals surface area contributed by atoms with Gasteiger partial charge in [-0.3, -0.25) is 4.98 Å². The molecule has 0 radical (unpaired) electrons. The van der Waals surface area contributed by atoms with Crippen LogP contribution in [0.1, 0.15) is 11.7 Å². The van der Waals surface area contributed by atoms with Crippen LogP contribution in [0.3, 0.4) is 0 Å². The number of ether oxygens (including phenoxy) is 1. The Labute approximate surface area is 134 Å². The Hall–Kier alpha value is -1.82. The maximum Gasteiger partial charge on any atom is 0.295 e. The Kier molecular flexibility index (Phi) is 6.42. The van der Waals surface area contributed by atoms with Crippen LogP contribution in [0.5, 0.6) is 6.01 Å². The van der Waals surface area contributed by atoms with E-state index >= 15 is 0 Å². The van der Waals surface area contributed by atoms with E-state index in [4.69, 9.17) is 4.74 Å². The number of hydrogen-bond donors (Lipinski definition) is 2. The van der Waals surface area contributed by atoms with Gasteiger partial charge in [-0.1, -0.05) is 12.1 Å². The molecule has 112 valence electrons. The lowest BCUT2D eigenvalue weighted by Gasteiger charge is -2.14. The van der Waals surface area contributed by atoms with Crippen LogP contribution >= 0.6 is 24.8 Å². The first-order valence-electron chi connectivity index (χ1n) is 5.99. The minimum atomic E-state index is -0.455. The van der Waals surface area contributed by atoms with Gasteiger partial charge in [0.25, 0.3) is 6.01 Å². The number of halogens is 2. The minimum absolute atomic E-state index is 0. The van der Waals surface area contributed by atoms with Gasteiger partial charge in [0.15, 0.2) is 6.10 Å². The quantitative estimate of drug-likeness (QED) is 0.772. The fraction of sp³-hybridized carbons (Fsp3) is 0.143. The van der Waals surface area contributed by atoms with E-state index in [0.717, 1.165) is 16.6 Å². The Bertz CT molecular complexity index is 643. The van der Waals surface area contributed by atoms with Gasteiger partial charge in [-0.2, -0.15) is 4.98 Å². The number of imidazole rings is 1. The molecule has 0 fully saturated rings. The largest absolute Gasteiger partial charge is 0.454 e. The third-order valence-electron chi connectivity index (χ3n) is 2.87. The van der Waals surface area contributed by atoms with E-state index in [2.05, 4.69) is 15.0 Å². The van der Waals surface area contributed by atoms with Crippen LogP contribution in [0.25, 0.3) is 11.0 Å². The van der Waals surface area contributed by atoms with E-state index in [1.165, 1.54) is 0 Å². The molecule has 21 heavy (non-hydrogen) atoms. The van der Waals surface area contributed by atoms with E-state index in [-0.39, 0.29) is 31.4 Å². The van der Waals surface area contributed by atoms with Crippen LogP contribution in [0.15, 0.2) is 48.8 Å². The summed E-state index contributed by atoms with van der Waals surface area (Å²) in [5.41, 5.74) is 2.60. The maximum absolute atomic E-state index is 9.43. The number of pyridine rings is 1. The van der Waals surface area contributed by atoms with Gasteiger partial charge < -0.3 is 14.8 Å². The van der Waals surface area contributed by atoms with Crippen LogP contribution in [-0.4, -0.2) is 26.7 Å². The molecule has 7 heteroatoms. The molecule has 0 saturated heterocycles. The highest BCUT2D eigenvalue weighted by molar-refractivity contribution is 5.85. The van der Waals surface area contributed by atoms with Gasteiger partial charge in [0, 0.05) is 12.4 Å². The third kappa shape index (κ3) is 3.85. The molecule has 2 N–H and O–H groups in total. The van der Waals surface area contributed by atoms with E-state index in [9.17, 15) is 5.11 Å². The number of aliphatic hydroxyl groups excluding tert-OH is 1. The zero-order valence-corrected chi connectivity index (χ0v) is 12.6. The molecular formula is C14H15Cl2N3O2. The maximum atomic E-state index is 9.43. The molecule has 0 aliphatic rings. The molecule has 1 atom stereocenters. The van der Waals surface area contributed by atoms with Crippen LogP contribution in [0, 0.1) is 0 Å². The number of nitrogens with one attached hydrogen (secondary N) is 1. The minimum Gasteiger partial charge on any atom is -0.454 e. The number of para-hydroxylation sites is 2. The highest BCUT2D eigenvalue weighted by Crippen LogP contribution is 2.21. The van der Waals surface area contributed by atoms with Crippen LogP contribution < -0.4 is 4.74 Å². The third-order valence-corrected chi connectivity index (χ3v) is 2.87. The smallest absolute Gasteiger partial charge is 0.295 e. The number of aliphatic hydroxyl groups is 1. The van der Waals surface area contributed by atoms with Crippen molar-refractivity contribution in [3.05, 3.63) is 54.4 Å². The summed E-state index contributed by atoms with van der Waals surface area (Å²) in [4.78, 5) is 11.3. The number of nitrogens with zero attached hydrogens (tertiary/aromatic N) is 2. The molecule has 0 spiro atoms. The fourth-order valence-corrected chi connectivity index (χ4v) is 1.91. The van der Waals surface area contributed by atoms with Crippen LogP contribution in [0.2, 0.25) is 0 Å². The van der Waals surface area contributed by atoms with E-state index in [1.807, 2.05) is 36.4 Å². The topological polar surface area (TPSA) is 71.0 Å². The van der Waals surface area contributed by atoms with Crippen molar-refractivity contribution in [1.82, 2.24) is 15.0 Å². The van der Waals surface area contributed by atoms with Crippen molar-refractivity contribution in [2.45, 2.75) is 6.10 Å². The summed E-state index contributed by atoms with van der Waals surface area (Å²) in [6.07, 6.45) is 2.88. The average molecular weight is 328 g/mol. The Morgan fingerprint density at radius 3 is 2.48 bits per heavy atom. The predicted molar refractivity (Wildman–Crippen MR) is 85.3 cm³/mol. The normalized spacial score (nSPS) is 11.3. The van der Waals surface area contributed by atoms with Crippen molar-refractivity contribution in [3.63, 3.8) is 0 Å². The second-order valence-electron chi connectivity index (χ2n) is 4.13. The molecule has 0 bridgehead atoms. The van der Waals surface area contributed by atoms with Gasteiger partial charge in [0.2, 0.25) is 0 Å². The van der Waals surface area contributed by atoms with Gasteiger partial charge in [-0.15, -0.1) is 24.8 Å². The molecule has 3 aromatic rings. The Morgan fingerprint density at radius 2 is 1.81 bits per heavy atom. The summed E-state index contributed by atoms with van der Waals surface area (Å²) in [7, 11) is 0. The summed E-state index contributed by atoms with van der Waals surface area (Å²) in [6, 6.07) is 11.7. The molecule has 5 nitrogen and oxygen atoms in total. The van der Waals surface area contributed by atoms with Crippen molar-refractivity contribution in [2.24, 2.45) is 0 Å². The zero-order chi connectivity index (χ0) is 13.1. The molecule has 1 unspecified atom stereocenters. The molecule has 0 amide bonds. The standard InChI is InChI=1S/C14H13N3O2.2ClH/c18-9-13(10-5-7-15-8-6-10)19-14-16-11-3-1-2-4-12(11)17-14;;/h1-8,13,18H,9H2,(H,16,17);2*1H. The summed E-state index contributed by atoms with van der Waals surface area (Å²) < 4.78 is 5.69. The van der Waals surface area contributed by atoms with Gasteiger partial charge in [-0.05, 0) is 29.8 Å². The van der Waals surface area contributed by atoms with Crippen molar-refractivity contribution in [3.8, 4) is 6.01 Å². The van der Waals surface area contributed by atoms with Crippen molar-refractivity contribution >= 4 is 35.8 Å². The lowest BCUT2D eigenvalue weighted by molar-refractivity contribution is 0.108. The van der Waals surface area contributed by atoms with E-state index in [0.29, 0.717) is 6.01 Å². The summed E-state index contributed by atoms with van der Waals surface area (Å²) in [5, 5.41) is 9.43. The molecule has 1 aromatic carbocycles. The van der Waals surface area contributed by atoms with Crippen molar-refractivity contribution in [1.29, 1.82) is 0 Å². The second kappa shape index (κ2) is 7.83. The monoisotopic (exact) mass is 327 g/mol. The van der Waals surface area contributed by atoms with Gasteiger partial charge >= 0.3 is 0 Å². The van der Waals surface area contributed by atoms with Gasteiger partial charge in [-0.25, -0.2) is 0 Å². The molecule has 2 heterocycles. The molecule has 2 aromatic heterocycles. The highest BCUT2D eigenvalue weighted by atomic mass is 35.5. The zero-order valence-electron chi connectivity index (χ0n) is 11.0. The van der Waals surface area contributed by atoms with Gasteiger partial charge in [0.05, 0.1) is 17.6 Å². The summed E-state index contributed by atoms with van der Waals surface area (Å²) >= 11 is 0. The molecule has 3 rings (SSSR count). The number of aromatic amines is 1. The van der Waals surface area contributed by atoms with Crippen molar-refractivity contribution < 1.29 is 9.84 Å². The number of benzene rings is 1. The lowest BCUT2D eigenvalue weighted by atomic mass is 10.1. The summed E-state index contributed by atoms with van der Waals surface area (Å²) in [5.74, 6) is 0. The van der Waals surface area contributed by atoms with Crippen LogP contribution in [-0.2, 0) is 0 Å². The van der Waals surface area contributed by atoms with Crippen molar-refractivity contribution in [2.75, 3.05) is 6.61 Å². The highest BCUT2D eigenvalue weighted by Gasteiger charge is 2.14. The first-order valence-corrected chi connectivity index (χ1v) is 5.99. The van der Waals surface area contributed by atoms with E-state index in [1.54, 1.807) is 12.4 Å². The first kappa shape index (κ1) is 17.2. The Balaban J connectivity index is 0.00000110. The number of H-pyrrole nitrogens is 1. The average Bonchev–Trinajstić information content (AvgIpc) is 2.88. The predicted octanol–water partition coefficient (Wildman–Crippen LogP) is 2.91. The number of rotatable bonds is 4. The SMILES string of the molecule is Cl.Cl.OCC(Oc1nc2ccccc2[nH]1)c1ccncc1. The van der Waals surface area contributed by atoms with E-state index < -0.39 is 6.10 Å². The first-order chi connectivity index (χ1) is 9.36. The van der Waals surface area contributed by atoms with Crippen LogP contribution in [0.4, 0.5) is 0 Å². The second-order valence-corrected chi connectivity index (χ2v) is 4.13. The Morgan fingerprint density at radius 1 is 1.10 bits per heavy atom. The lowest BCUT2D eigenvalue weighted by Crippen LogP contribution is -2.12. The molecule has 0 aliphatic carbocycles. The number of fused-ring (bicyclic) bond motifs is 1. The van der Waals surface area contributed by atoms with Gasteiger partial charge in [0.1, 0.15) is 0 Å². The fourth-order valence-electron chi connectivity index (χ4n) is 1.91.